The predicted octanol–water partition coefficient (Wildman–Crippen LogP) is 1.92. The maximum Gasteiger partial charge on any atom is 0.131 e. The fourth-order valence-corrected chi connectivity index (χ4v) is 0.904. The Kier molecular flexibility index (Phi) is 2.73. The number of benzene rings is 1. The molecule has 0 amide bonds. The molecule has 0 spiro atoms. The topological polar surface area (TPSA) is 35.2 Å². The van der Waals surface area contributed by atoms with Gasteiger partial charge in [-0.25, -0.2) is 14.7 Å². The van der Waals surface area contributed by atoms with Crippen molar-refractivity contribution < 1.29 is 13.6 Å². The molecule has 4 heteroatoms. The van der Waals surface area contributed by atoms with E-state index in [1.807, 2.05) is 0 Å². The first kappa shape index (κ1) is 9.09. The van der Waals surface area contributed by atoms with E-state index in [0.29, 0.717) is 0 Å². The van der Waals surface area contributed by atoms with Gasteiger partial charge in [0.25, 0.3) is 0 Å². The van der Waals surface area contributed by atoms with Gasteiger partial charge in [0.05, 0.1) is 0 Å². The third-order valence-corrected chi connectivity index (χ3v) is 1.60. The summed E-state index contributed by atoms with van der Waals surface area (Å²) in [6.45, 7) is 1.58. The summed E-state index contributed by atoms with van der Waals surface area (Å²) in [6.07, 6.45) is -0.564. The molecule has 0 saturated carbocycles. The molecule has 12 heavy (non-hydrogen) atoms. The highest BCUT2D eigenvalue weighted by atomic mass is 19.1. The number of rotatable bonds is 2. The van der Waals surface area contributed by atoms with E-state index in [4.69, 9.17) is 5.90 Å². The molecule has 0 aliphatic carbocycles. The molecular weight excluding hydrogens is 164 g/mol. The summed E-state index contributed by atoms with van der Waals surface area (Å²) >= 11 is 0. The van der Waals surface area contributed by atoms with E-state index < -0.39 is 17.7 Å². The van der Waals surface area contributed by atoms with Crippen LogP contribution in [0.2, 0.25) is 0 Å². The molecule has 66 valence electrons. The molecule has 0 aliphatic rings. The van der Waals surface area contributed by atoms with Gasteiger partial charge in [0.15, 0.2) is 0 Å². The van der Waals surface area contributed by atoms with Crippen LogP contribution in [-0.4, -0.2) is 0 Å². The summed E-state index contributed by atoms with van der Waals surface area (Å²) in [7, 11) is 0. The van der Waals surface area contributed by atoms with Gasteiger partial charge in [0, 0.05) is 11.6 Å². The van der Waals surface area contributed by atoms with Gasteiger partial charge >= 0.3 is 0 Å². The molecule has 0 fully saturated rings. The van der Waals surface area contributed by atoms with Crippen LogP contribution < -0.4 is 5.90 Å². The highest BCUT2D eigenvalue weighted by Gasteiger charge is 2.10. The van der Waals surface area contributed by atoms with E-state index in [2.05, 4.69) is 4.84 Å². The molecule has 2 N–H and O–H groups in total. The lowest BCUT2D eigenvalue weighted by molar-refractivity contribution is 0.0638. The van der Waals surface area contributed by atoms with Crippen LogP contribution in [0, 0.1) is 11.6 Å². The maximum atomic E-state index is 12.9. The van der Waals surface area contributed by atoms with Gasteiger partial charge < -0.3 is 0 Å². The van der Waals surface area contributed by atoms with Crippen molar-refractivity contribution >= 4 is 0 Å². The van der Waals surface area contributed by atoms with Crippen molar-refractivity contribution in [3.63, 3.8) is 0 Å². The molecule has 0 aliphatic heterocycles. The summed E-state index contributed by atoms with van der Waals surface area (Å²) in [6, 6.07) is 3.26. The zero-order valence-corrected chi connectivity index (χ0v) is 6.55. The Morgan fingerprint density at radius 2 is 2.08 bits per heavy atom. The van der Waals surface area contributed by atoms with Crippen LogP contribution in [0.3, 0.4) is 0 Å². The molecule has 1 atom stereocenters. The Morgan fingerprint density at radius 1 is 1.42 bits per heavy atom. The minimum absolute atomic E-state index is 0.249. The van der Waals surface area contributed by atoms with Crippen molar-refractivity contribution in [1.29, 1.82) is 0 Å². The normalized spacial score (nSPS) is 13.0. The highest BCUT2D eigenvalue weighted by molar-refractivity contribution is 5.20. The first-order valence-corrected chi connectivity index (χ1v) is 3.45. The Hall–Kier alpha value is -1.00. The van der Waals surface area contributed by atoms with Gasteiger partial charge in [-0.3, -0.25) is 4.84 Å². The fraction of sp³-hybridized carbons (Fsp3) is 0.250. The van der Waals surface area contributed by atoms with Crippen molar-refractivity contribution in [3.05, 3.63) is 35.4 Å². The zero-order valence-electron chi connectivity index (χ0n) is 6.55. The first-order chi connectivity index (χ1) is 5.65. The van der Waals surface area contributed by atoms with Gasteiger partial charge in [0.2, 0.25) is 0 Å². The summed E-state index contributed by atoms with van der Waals surface area (Å²) < 4.78 is 25.3. The van der Waals surface area contributed by atoms with Crippen molar-refractivity contribution in [2.75, 3.05) is 0 Å². The molecule has 1 aromatic carbocycles. The second-order valence-electron chi connectivity index (χ2n) is 2.44. The van der Waals surface area contributed by atoms with Crippen LogP contribution in [0.15, 0.2) is 18.2 Å². The maximum absolute atomic E-state index is 12.9. The Bertz CT molecular complexity index is 278. The molecule has 0 bridgehead atoms. The monoisotopic (exact) mass is 173 g/mol. The van der Waals surface area contributed by atoms with E-state index >= 15 is 0 Å². The largest absolute Gasteiger partial charge is 0.297 e. The minimum Gasteiger partial charge on any atom is -0.297 e. The Morgan fingerprint density at radius 3 is 2.58 bits per heavy atom. The predicted molar refractivity (Wildman–Crippen MR) is 40.0 cm³/mol. The van der Waals surface area contributed by atoms with E-state index in [0.717, 1.165) is 12.1 Å². The molecular formula is C8H9F2NO. The molecule has 1 rings (SSSR count). The zero-order chi connectivity index (χ0) is 9.14. The van der Waals surface area contributed by atoms with E-state index in [9.17, 15) is 8.78 Å². The standard InChI is InChI=1S/C8H9F2NO/c1-5(12-11)7-3-2-6(9)4-8(7)10/h2-5H,11H2,1H3. The number of halogens is 2. The van der Waals surface area contributed by atoms with E-state index in [1.54, 1.807) is 6.92 Å². The van der Waals surface area contributed by atoms with Crippen LogP contribution in [-0.2, 0) is 4.84 Å². The third kappa shape index (κ3) is 1.78. The van der Waals surface area contributed by atoms with Gasteiger partial charge in [-0.2, -0.15) is 0 Å². The van der Waals surface area contributed by atoms with Gasteiger partial charge in [-0.05, 0) is 13.0 Å². The van der Waals surface area contributed by atoms with Gasteiger partial charge in [-0.15, -0.1) is 0 Å². The van der Waals surface area contributed by atoms with Gasteiger partial charge in [0.1, 0.15) is 17.7 Å². The molecule has 1 aromatic rings. The first-order valence-electron chi connectivity index (χ1n) is 3.45. The average molecular weight is 173 g/mol. The quantitative estimate of drug-likeness (QED) is 0.693. The fourth-order valence-electron chi connectivity index (χ4n) is 0.904. The summed E-state index contributed by atoms with van der Waals surface area (Å²) in [5, 5.41) is 0. The number of hydrogen-bond donors (Lipinski definition) is 1. The van der Waals surface area contributed by atoms with Crippen molar-refractivity contribution in [2.45, 2.75) is 13.0 Å². The lowest BCUT2D eigenvalue weighted by atomic mass is 10.1. The summed E-state index contributed by atoms with van der Waals surface area (Å²) in [4.78, 5) is 4.39. The van der Waals surface area contributed by atoms with Crippen LogP contribution in [0.5, 0.6) is 0 Å². The highest BCUT2D eigenvalue weighted by Crippen LogP contribution is 2.18. The minimum atomic E-state index is -0.645. The second-order valence-corrected chi connectivity index (χ2v) is 2.44. The van der Waals surface area contributed by atoms with Crippen LogP contribution in [0.1, 0.15) is 18.6 Å². The molecule has 0 saturated heterocycles. The lowest BCUT2D eigenvalue weighted by Crippen LogP contribution is -2.07. The smallest absolute Gasteiger partial charge is 0.131 e. The molecule has 1 unspecified atom stereocenters. The van der Waals surface area contributed by atoms with E-state index in [1.165, 1.54) is 6.07 Å². The van der Waals surface area contributed by atoms with Gasteiger partial charge in [-0.1, -0.05) is 6.07 Å². The van der Waals surface area contributed by atoms with Crippen LogP contribution >= 0.6 is 0 Å². The van der Waals surface area contributed by atoms with Crippen molar-refractivity contribution in [1.82, 2.24) is 0 Å². The van der Waals surface area contributed by atoms with Crippen LogP contribution in [0.4, 0.5) is 8.78 Å². The number of hydrogen-bond acceptors (Lipinski definition) is 2. The average Bonchev–Trinajstić information content (AvgIpc) is 2.03. The Balaban J connectivity index is 3.01. The molecule has 0 heterocycles. The number of nitrogens with two attached hydrogens (primary N) is 1. The molecule has 0 aromatic heterocycles. The summed E-state index contributed by atoms with van der Waals surface area (Å²) in [5.74, 6) is 3.59. The lowest BCUT2D eigenvalue weighted by Gasteiger charge is -2.09. The second kappa shape index (κ2) is 3.60. The molecule has 2 nitrogen and oxygen atoms in total. The van der Waals surface area contributed by atoms with Crippen molar-refractivity contribution in [3.8, 4) is 0 Å². The Labute approximate surface area is 68.9 Å². The van der Waals surface area contributed by atoms with Crippen LogP contribution in [0.25, 0.3) is 0 Å². The summed E-state index contributed by atoms with van der Waals surface area (Å²) in [5.41, 5.74) is 0.249. The molecule has 0 radical (unpaired) electrons. The SMILES string of the molecule is CC(ON)c1ccc(F)cc1F. The van der Waals surface area contributed by atoms with Crippen molar-refractivity contribution in [2.24, 2.45) is 5.90 Å². The van der Waals surface area contributed by atoms with E-state index in [-0.39, 0.29) is 5.56 Å². The third-order valence-electron chi connectivity index (χ3n) is 1.60.